The number of sulfonamides is 1. The molecule has 0 bridgehead atoms. The summed E-state index contributed by atoms with van der Waals surface area (Å²) in [4.78, 5) is 11.9. The zero-order valence-electron chi connectivity index (χ0n) is 14.8. The molecule has 1 saturated carbocycles. The smallest absolute Gasteiger partial charge is 0.315 e. The Labute approximate surface area is 145 Å². The Kier molecular flexibility index (Phi) is 7.31. The molecule has 2 amide bonds. The Balaban J connectivity index is 1.62. The summed E-state index contributed by atoms with van der Waals surface area (Å²) in [6.45, 7) is 4.09. The van der Waals surface area contributed by atoms with Crippen molar-refractivity contribution in [3.8, 4) is 0 Å². The van der Waals surface area contributed by atoms with Gasteiger partial charge in [0.15, 0.2) is 0 Å². The Morgan fingerprint density at radius 2 is 1.96 bits per heavy atom. The van der Waals surface area contributed by atoms with Crippen LogP contribution in [0.5, 0.6) is 0 Å². The Morgan fingerprint density at radius 3 is 2.67 bits per heavy atom. The molecule has 2 fully saturated rings. The van der Waals surface area contributed by atoms with Crippen LogP contribution in [0.15, 0.2) is 0 Å². The number of nitrogens with zero attached hydrogens (tertiary/aromatic N) is 1. The van der Waals surface area contributed by atoms with Crippen LogP contribution >= 0.6 is 0 Å². The number of piperidine rings is 1. The van der Waals surface area contributed by atoms with Gasteiger partial charge in [0, 0.05) is 25.7 Å². The molecule has 140 valence electrons. The van der Waals surface area contributed by atoms with Crippen molar-refractivity contribution in [1.82, 2.24) is 14.9 Å². The van der Waals surface area contributed by atoms with Gasteiger partial charge < -0.3 is 15.4 Å². The van der Waals surface area contributed by atoms with Gasteiger partial charge in [0.1, 0.15) is 0 Å². The summed E-state index contributed by atoms with van der Waals surface area (Å²) in [6.07, 6.45) is 7.92. The van der Waals surface area contributed by atoms with Gasteiger partial charge in [-0.2, -0.15) is 0 Å². The van der Waals surface area contributed by atoms with E-state index >= 15 is 0 Å². The number of carbonyl (C=O) groups is 1. The number of ether oxygens (including phenoxy) is 1. The van der Waals surface area contributed by atoms with E-state index in [1.165, 1.54) is 29.8 Å². The van der Waals surface area contributed by atoms with Crippen LogP contribution in [0.3, 0.4) is 0 Å². The lowest BCUT2D eigenvalue weighted by atomic mass is 9.88. The van der Waals surface area contributed by atoms with Crippen molar-refractivity contribution in [2.24, 2.45) is 5.92 Å². The van der Waals surface area contributed by atoms with Crippen molar-refractivity contribution >= 4 is 16.1 Å². The second-order valence-electron chi connectivity index (χ2n) is 7.03. The highest BCUT2D eigenvalue weighted by Gasteiger charge is 2.26. The largest absolute Gasteiger partial charge is 0.376 e. The molecule has 0 aromatic carbocycles. The van der Waals surface area contributed by atoms with Gasteiger partial charge in [0.2, 0.25) is 10.0 Å². The average molecular weight is 362 g/mol. The van der Waals surface area contributed by atoms with Crippen LogP contribution in [0.2, 0.25) is 0 Å². The fourth-order valence-electron chi connectivity index (χ4n) is 3.50. The van der Waals surface area contributed by atoms with Gasteiger partial charge in [0.05, 0.1) is 19.0 Å². The van der Waals surface area contributed by atoms with Crippen LogP contribution in [0.1, 0.15) is 45.4 Å². The second kappa shape index (κ2) is 9.01. The number of urea groups is 1. The molecule has 1 aliphatic heterocycles. The van der Waals surface area contributed by atoms with Gasteiger partial charge in [-0.3, -0.25) is 0 Å². The normalized spacial score (nSPS) is 29.2. The maximum atomic E-state index is 11.9. The SMILES string of the molecule is C[C@@H]1CCCC[C@H]1OCCNC(=O)N[C@H]1CCCN(S(C)(=O)=O)C1. The van der Waals surface area contributed by atoms with Crippen molar-refractivity contribution < 1.29 is 17.9 Å². The molecule has 1 aliphatic carbocycles. The molecule has 0 radical (unpaired) electrons. The third-order valence-corrected chi connectivity index (χ3v) is 6.21. The fraction of sp³-hybridized carbons (Fsp3) is 0.938. The highest BCUT2D eigenvalue weighted by molar-refractivity contribution is 7.88. The summed E-state index contributed by atoms with van der Waals surface area (Å²) in [5.41, 5.74) is 0. The van der Waals surface area contributed by atoms with E-state index in [4.69, 9.17) is 4.74 Å². The quantitative estimate of drug-likeness (QED) is 0.698. The average Bonchev–Trinajstić information content (AvgIpc) is 2.52. The molecule has 1 saturated heterocycles. The maximum absolute atomic E-state index is 11.9. The van der Waals surface area contributed by atoms with E-state index in [0.29, 0.717) is 38.3 Å². The van der Waals surface area contributed by atoms with E-state index in [0.717, 1.165) is 19.3 Å². The third-order valence-electron chi connectivity index (χ3n) is 4.94. The fourth-order valence-corrected chi connectivity index (χ4v) is 4.41. The molecular weight excluding hydrogens is 330 g/mol. The molecule has 2 aliphatic rings. The summed E-state index contributed by atoms with van der Waals surface area (Å²) < 4.78 is 30.5. The first-order valence-corrected chi connectivity index (χ1v) is 10.8. The van der Waals surface area contributed by atoms with Crippen molar-refractivity contribution in [2.75, 3.05) is 32.5 Å². The monoisotopic (exact) mass is 361 g/mol. The minimum atomic E-state index is -3.19. The molecule has 8 heteroatoms. The maximum Gasteiger partial charge on any atom is 0.315 e. The summed E-state index contributed by atoms with van der Waals surface area (Å²) >= 11 is 0. The summed E-state index contributed by atoms with van der Waals surface area (Å²) in [5.74, 6) is 0.594. The first kappa shape index (κ1) is 19.5. The number of carbonyl (C=O) groups excluding carboxylic acids is 1. The minimum absolute atomic E-state index is 0.132. The molecule has 1 heterocycles. The lowest BCUT2D eigenvalue weighted by molar-refractivity contribution is -0.00246. The first-order chi connectivity index (χ1) is 11.4. The number of hydrogen-bond acceptors (Lipinski definition) is 4. The topological polar surface area (TPSA) is 87.7 Å². The van der Waals surface area contributed by atoms with Crippen LogP contribution in [0, 0.1) is 5.92 Å². The van der Waals surface area contributed by atoms with E-state index in [9.17, 15) is 13.2 Å². The molecule has 2 rings (SSSR count). The van der Waals surface area contributed by atoms with Crippen LogP contribution in [0.25, 0.3) is 0 Å². The van der Waals surface area contributed by atoms with Gasteiger partial charge in [0.25, 0.3) is 0 Å². The van der Waals surface area contributed by atoms with Gasteiger partial charge in [-0.1, -0.05) is 19.8 Å². The van der Waals surface area contributed by atoms with Gasteiger partial charge in [-0.25, -0.2) is 17.5 Å². The summed E-state index contributed by atoms with van der Waals surface area (Å²) in [5, 5.41) is 5.65. The molecule has 24 heavy (non-hydrogen) atoms. The predicted molar refractivity (Wildman–Crippen MR) is 93.3 cm³/mol. The van der Waals surface area contributed by atoms with Crippen LogP contribution in [-0.4, -0.2) is 63.4 Å². The van der Waals surface area contributed by atoms with Crippen LogP contribution < -0.4 is 10.6 Å². The van der Waals surface area contributed by atoms with E-state index in [1.54, 1.807) is 0 Å². The molecule has 0 spiro atoms. The van der Waals surface area contributed by atoms with E-state index < -0.39 is 10.0 Å². The molecular formula is C16H31N3O4S. The number of rotatable bonds is 6. The number of hydrogen-bond donors (Lipinski definition) is 2. The molecule has 0 unspecified atom stereocenters. The van der Waals surface area contributed by atoms with Crippen LogP contribution in [0.4, 0.5) is 4.79 Å². The third kappa shape index (κ3) is 6.22. The van der Waals surface area contributed by atoms with Crippen molar-refractivity contribution in [3.05, 3.63) is 0 Å². The molecule has 0 aromatic heterocycles. The Morgan fingerprint density at radius 1 is 1.21 bits per heavy atom. The predicted octanol–water partition coefficient (Wildman–Crippen LogP) is 1.30. The van der Waals surface area contributed by atoms with E-state index in [-0.39, 0.29) is 12.1 Å². The number of amides is 2. The van der Waals surface area contributed by atoms with Crippen molar-refractivity contribution in [1.29, 1.82) is 0 Å². The molecule has 7 nitrogen and oxygen atoms in total. The molecule has 2 N–H and O–H groups in total. The van der Waals surface area contributed by atoms with Crippen molar-refractivity contribution in [3.63, 3.8) is 0 Å². The Bertz CT molecular complexity index is 511. The van der Waals surface area contributed by atoms with E-state index in [2.05, 4.69) is 17.6 Å². The molecule has 3 atom stereocenters. The lowest BCUT2D eigenvalue weighted by Crippen LogP contribution is -2.52. The standard InChI is InChI=1S/C16H31N3O4S/c1-13-6-3-4-8-15(13)23-11-9-17-16(20)18-14-7-5-10-19(12-14)24(2,21)22/h13-15H,3-12H2,1-2H3,(H2,17,18,20)/t13-,14+,15-/m1/s1. The highest BCUT2D eigenvalue weighted by atomic mass is 32.2. The zero-order valence-corrected chi connectivity index (χ0v) is 15.6. The number of nitrogens with one attached hydrogen (secondary N) is 2. The highest BCUT2D eigenvalue weighted by Crippen LogP contribution is 2.25. The second-order valence-corrected chi connectivity index (χ2v) is 9.01. The van der Waals surface area contributed by atoms with E-state index in [1.807, 2.05) is 0 Å². The Hall–Kier alpha value is -0.860. The van der Waals surface area contributed by atoms with Gasteiger partial charge in [-0.15, -0.1) is 0 Å². The first-order valence-electron chi connectivity index (χ1n) is 8.97. The lowest BCUT2D eigenvalue weighted by Gasteiger charge is -2.31. The summed E-state index contributed by atoms with van der Waals surface area (Å²) in [6, 6.07) is -0.386. The van der Waals surface area contributed by atoms with Crippen molar-refractivity contribution in [2.45, 2.75) is 57.6 Å². The summed E-state index contributed by atoms with van der Waals surface area (Å²) in [7, 11) is -3.19. The molecule has 0 aromatic rings. The van der Waals surface area contributed by atoms with Gasteiger partial charge >= 0.3 is 6.03 Å². The van der Waals surface area contributed by atoms with Gasteiger partial charge in [-0.05, 0) is 31.6 Å². The zero-order chi connectivity index (χ0) is 17.6. The minimum Gasteiger partial charge on any atom is -0.376 e. The van der Waals surface area contributed by atoms with Crippen LogP contribution in [-0.2, 0) is 14.8 Å².